The zero-order chi connectivity index (χ0) is 9.52. The second-order valence-corrected chi connectivity index (χ2v) is 4.25. The molecular weight excluding hydrogens is 186 g/mol. The quantitative estimate of drug-likeness (QED) is 0.547. The van der Waals surface area contributed by atoms with Gasteiger partial charge in [-0.1, -0.05) is 13.3 Å². The molecule has 13 heavy (non-hydrogen) atoms. The number of carbonyl (C=O) groups excluding carboxylic acids is 1. The minimum atomic E-state index is -0.0827. The van der Waals surface area contributed by atoms with E-state index in [4.69, 9.17) is 4.74 Å². The van der Waals surface area contributed by atoms with E-state index in [0.717, 1.165) is 30.9 Å². The zero-order valence-electron chi connectivity index (χ0n) is 8.04. The van der Waals surface area contributed by atoms with E-state index in [1.54, 1.807) is 0 Å². The normalized spacial score (nSPS) is 22.7. The molecule has 0 saturated carbocycles. The third-order valence-electron chi connectivity index (χ3n) is 1.95. The van der Waals surface area contributed by atoms with Crippen LogP contribution < -0.4 is 5.32 Å². The van der Waals surface area contributed by atoms with Gasteiger partial charge in [0.1, 0.15) is 6.04 Å². The molecule has 1 aliphatic heterocycles. The minimum Gasteiger partial charge on any atom is -0.465 e. The number of rotatable bonds is 4. The lowest BCUT2D eigenvalue weighted by Gasteiger charge is -2.21. The highest BCUT2D eigenvalue weighted by Crippen LogP contribution is 2.08. The van der Waals surface area contributed by atoms with E-state index in [0.29, 0.717) is 6.61 Å². The van der Waals surface area contributed by atoms with Crippen molar-refractivity contribution < 1.29 is 9.53 Å². The maximum atomic E-state index is 11.4. The maximum Gasteiger partial charge on any atom is 0.323 e. The van der Waals surface area contributed by atoms with Crippen molar-refractivity contribution >= 4 is 17.7 Å². The molecule has 1 rings (SSSR count). The van der Waals surface area contributed by atoms with Crippen LogP contribution >= 0.6 is 11.8 Å². The summed E-state index contributed by atoms with van der Waals surface area (Å²) < 4.78 is 5.11. The van der Waals surface area contributed by atoms with Gasteiger partial charge in [0.25, 0.3) is 0 Å². The smallest absolute Gasteiger partial charge is 0.323 e. The summed E-state index contributed by atoms with van der Waals surface area (Å²) in [7, 11) is 0. The van der Waals surface area contributed by atoms with Crippen molar-refractivity contribution in [3.8, 4) is 0 Å². The van der Waals surface area contributed by atoms with Gasteiger partial charge in [-0.05, 0) is 6.42 Å². The Morgan fingerprint density at radius 1 is 1.69 bits per heavy atom. The Balaban J connectivity index is 2.13. The molecule has 0 aromatic rings. The minimum absolute atomic E-state index is 0.0735. The topological polar surface area (TPSA) is 38.3 Å². The van der Waals surface area contributed by atoms with E-state index in [2.05, 4.69) is 12.2 Å². The Hall–Kier alpha value is -0.220. The summed E-state index contributed by atoms with van der Waals surface area (Å²) in [6.45, 7) is 3.57. The lowest BCUT2D eigenvalue weighted by Crippen LogP contribution is -2.44. The number of ether oxygens (including phenoxy) is 1. The molecule has 3 nitrogen and oxygen atoms in total. The number of thioether (sulfide) groups is 1. The van der Waals surface area contributed by atoms with Crippen LogP contribution in [0.4, 0.5) is 0 Å². The molecule has 1 saturated heterocycles. The molecule has 4 heteroatoms. The van der Waals surface area contributed by atoms with Crippen LogP contribution in [0.15, 0.2) is 0 Å². The average Bonchev–Trinajstić information content (AvgIpc) is 2.19. The number of nitrogens with one attached hydrogen (secondary N) is 1. The Kier molecular flexibility index (Phi) is 5.23. The van der Waals surface area contributed by atoms with Gasteiger partial charge >= 0.3 is 5.97 Å². The van der Waals surface area contributed by atoms with Crippen LogP contribution in [0.25, 0.3) is 0 Å². The number of hydrogen-bond acceptors (Lipinski definition) is 4. The first-order valence-electron chi connectivity index (χ1n) is 4.82. The fraction of sp³-hybridized carbons (Fsp3) is 0.889. The monoisotopic (exact) mass is 203 g/mol. The van der Waals surface area contributed by atoms with Crippen LogP contribution in [0.3, 0.4) is 0 Å². The first kappa shape index (κ1) is 10.9. The van der Waals surface area contributed by atoms with Crippen LogP contribution in [-0.4, -0.2) is 36.7 Å². The average molecular weight is 203 g/mol. The molecule has 1 heterocycles. The fourth-order valence-electron chi connectivity index (χ4n) is 1.13. The Bertz CT molecular complexity index is 158. The molecule has 76 valence electrons. The summed E-state index contributed by atoms with van der Waals surface area (Å²) in [5.41, 5.74) is 0. The summed E-state index contributed by atoms with van der Waals surface area (Å²) >= 11 is 1.81. The molecule has 1 N–H and O–H groups in total. The molecule has 0 radical (unpaired) electrons. The number of carbonyl (C=O) groups is 1. The zero-order valence-corrected chi connectivity index (χ0v) is 8.86. The Labute approximate surface area is 83.6 Å². The molecule has 1 aliphatic rings. The molecule has 0 aromatic carbocycles. The predicted molar refractivity (Wildman–Crippen MR) is 55.0 cm³/mol. The summed E-state index contributed by atoms with van der Waals surface area (Å²) in [5, 5.41) is 3.15. The highest BCUT2D eigenvalue weighted by Gasteiger charge is 2.21. The van der Waals surface area contributed by atoms with Gasteiger partial charge in [-0.25, -0.2) is 0 Å². The standard InChI is InChI=1S/C9H17NO2S/c1-2-3-5-12-9(11)8-7-13-6-4-10-8/h8,10H,2-7H2,1H3. The van der Waals surface area contributed by atoms with E-state index >= 15 is 0 Å². The molecule has 0 aliphatic carbocycles. The van der Waals surface area contributed by atoms with Gasteiger partial charge in [0.05, 0.1) is 6.61 Å². The largest absolute Gasteiger partial charge is 0.465 e. The van der Waals surface area contributed by atoms with Gasteiger partial charge in [0.2, 0.25) is 0 Å². The molecule has 1 fully saturated rings. The van der Waals surface area contributed by atoms with Gasteiger partial charge in [-0.15, -0.1) is 0 Å². The van der Waals surface area contributed by atoms with Gasteiger partial charge in [0, 0.05) is 18.1 Å². The van der Waals surface area contributed by atoms with Crippen molar-refractivity contribution in [2.45, 2.75) is 25.8 Å². The first-order valence-corrected chi connectivity index (χ1v) is 5.98. The molecule has 0 amide bonds. The molecule has 0 bridgehead atoms. The van der Waals surface area contributed by atoms with Gasteiger partial charge < -0.3 is 10.1 Å². The van der Waals surface area contributed by atoms with Crippen LogP contribution in [0.5, 0.6) is 0 Å². The molecule has 1 atom stereocenters. The maximum absolute atomic E-state index is 11.4. The second-order valence-electron chi connectivity index (χ2n) is 3.10. The summed E-state index contributed by atoms with van der Waals surface area (Å²) in [6.07, 6.45) is 2.03. The molecule has 0 spiro atoms. The lowest BCUT2D eigenvalue weighted by atomic mass is 10.3. The van der Waals surface area contributed by atoms with Crippen LogP contribution in [0, 0.1) is 0 Å². The van der Waals surface area contributed by atoms with Crippen molar-refractivity contribution in [2.24, 2.45) is 0 Å². The van der Waals surface area contributed by atoms with Crippen molar-refractivity contribution in [2.75, 3.05) is 24.7 Å². The summed E-state index contributed by atoms with van der Waals surface area (Å²) in [6, 6.07) is -0.0735. The molecule has 0 aromatic heterocycles. The van der Waals surface area contributed by atoms with Gasteiger partial charge in [-0.3, -0.25) is 4.79 Å². The number of hydrogen-bond donors (Lipinski definition) is 1. The number of unbranched alkanes of at least 4 members (excludes halogenated alkanes) is 1. The van der Waals surface area contributed by atoms with Crippen LogP contribution in [0.2, 0.25) is 0 Å². The van der Waals surface area contributed by atoms with E-state index in [-0.39, 0.29) is 12.0 Å². The highest BCUT2D eigenvalue weighted by molar-refractivity contribution is 7.99. The van der Waals surface area contributed by atoms with Gasteiger partial charge in [-0.2, -0.15) is 11.8 Å². The third kappa shape index (κ3) is 4.00. The van der Waals surface area contributed by atoms with Crippen molar-refractivity contribution in [3.05, 3.63) is 0 Å². The second kappa shape index (κ2) is 6.27. The van der Waals surface area contributed by atoms with E-state index in [9.17, 15) is 4.79 Å². The summed E-state index contributed by atoms with van der Waals surface area (Å²) in [4.78, 5) is 11.4. The Morgan fingerprint density at radius 3 is 3.15 bits per heavy atom. The number of esters is 1. The molecular formula is C9H17NO2S. The fourth-order valence-corrected chi connectivity index (χ4v) is 2.05. The van der Waals surface area contributed by atoms with Crippen LogP contribution in [-0.2, 0) is 9.53 Å². The highest BCUT2D eigenvalue weighted by atomic mass is 32.2. The van der Waals surface area contributed by atoms with Gasteiger partial charge in [0.15, 0.2) is 0 Å². The SMILES string of the molecule is CCCCOC(=O)C1CSCCN1. The van der Waals surface area contributed by atoms with E-state index in [1.807, 2.05) is 11.8 Å². The Morgan fingerprint density at radius 2 is 2.54 bits per heavy atom. The third-order valence-corrected chi connectivity index (χ3v) is 3.01. The van der Waals surface area contributed by atoms with Crippen molar-refractivity contribution in [1.29, 1.82) is 0 Å². The van der Waals surface area contributed by atoms with E-state index < -0.39 is 0 Å². The van der Waals surface area contributed by atoms with Crippen LogP contribution in [0.1, 0.15) is 19.8 Å². The lowest BCUT2D eigenvalue weighted by molar-refractivity contribution is -0.145. The molecule has 1 unspecified atom stereocenters. The first-order chi connectivity index (χ1) is 6.34. The predicted octanol–water partition coefficient (Wildman–Crippen LogP) is 1.03. The van der Waals surface area contributed by atoms with Crippen molar-refractivity contribution in [1.82, 2.24) is 5.32 Å². The van der Waals surface area contributed by atoms with E-state index in [1.165, 1.54) is 0 Å². The van der Waals surface area contributed by atoms with Crippen molar-refractivity contribution in [3.63, 3.8) is 0 Å². The summed E-state index contributed by atoms with van der Waals surface area (Å²) in [5.74, 6) is 1.87.